The van der Waals surface area contributed by atoms with Crippen LogP contribution in [-0.2, 0) is 21.4 Å². The molecule has 0 atom stereocenters. The number of aromatic nitrogens is 2. The maximum Gasteiger partial charge on any atom is 0.305 e. The molecule has 0 saturated carbocycles. The van der Waals surface area contributed by atoms with E-state index in [1.165, 1.54) is 17.1 Å². The zero-order valence-electron chi connectivity index (χ0n) is 10.7. The van der Waals surface area contributed by atoms with Gasteiger partial charge in [-0.1, -0.05) is 15.9 Å². The first-order valence-corrected chi connectivity index (χ1v) is 8.17. The first-order chi connectivity index (χ1) is 9.87. The van der Waals surface area contributed by atoms with Crippen molar-refractivity contribution < 1.29 is 18.3 Å². The molecule has 1 aromatic carbocycles. The van der Waals surface area contributed by atoms with Gasteiger partial charge in [0.05, 0.1) is 19.2 Å². The Hall–Kier alpha value is -1.87. The summed E-state index contributed by atoms with van der Waals surface area (Å²) in [7, 11) is -3.74. The van der Waals surface area contributed by atoms with E-state index in [9.17, 15) is 13.2 Å². The third kappa shape index (κ3) is 4.30. The smallest absolute Gasteiger partial charge is 0.305 e. The second-order valence-electron chi connectivity index (χ2n) is 4.20. The van der Waals surface area contributed by atoms with Crippen molar-refractivity contribution in [3.05, 3.63) is 41.1 Å². The second kappa shape index (κ2) is 6.27. The van der Waals surface area contributed by atoms with Gasteiger partial charge in [-0.2, -0.15) is 5.10 Å². The minimum atomic E-state index is -3.74. The standard InChI is InChI=1S/C12H12BrN3O4S/c13-9-1-3-10(4-2-9)15-21(19,20)11-7-14-16(8-11)6-5-12(17)18/h1-4,7-8,15H,5-6H2,(H,17,18). The van der Waals surface area contributed by atoms with E-state index in [0.29, 0.717) is 5.69 Å². The lowest BCUT2D eigenvalue weighted by atomic mass is 10.3. The van der Waals surface area contributed by atoms with E-state index in [4.69, 9.17) is 5.11 Å². The Morgan fingerprint density at radius 3 is 2.62 bits per heavy atom. The molecule has 2 N–H and O–H groups in total. The largest absolute Gasteiger partial charge is 0.481 e. The summed E-state index contributed by atoms with van der Waals surface area (Å²) in [5.41, 5.74) is 0.427. The molecule has 1 heterocycles. The third-order valence-corrected chi connectivity index (χ3v) is 4.44. The van der Waals surface area contributed by atoms with Crippen molar-refractivity contribution in [1.29, 1.82) is 0 Å². The molecule has 0 aliphatic rings. The van der Waals surface area contributed by atoms with Gasteiger partial charge in [-0.05, 0) is 24.3 Å². The summed E-state index contributed by atoms with van der Waals surface area (Å²) in [5, 5.41) is 12.4. The quantitative estimate of drug-likeness (QED) is 0.805. The molecular formula is C12H12BrN3O4S. The summed E-state index contributed by atoms with van der Waals surface area (Å²) >= 11 is 3.26. The number of benzene rings is 1. The van der Waals surface area contributed by atoms with Gasteiger partial charge in [0, 0.05) is 16.4 Å². The fraction of sp³-hybridized carbons (Fsp3) is 0.167. The van der Waals surface area contributed by atoms with E-state index < -0.39 is 16.0 Å². The molecule has 9 heteroatoms. The first-order valence-electron chi connectivity index (χ1n) is 5.89. The van der Waals surface area contributed by atoms with Crippen molar-refractivity contribution in [2.45, 2.75) is 17.9 Å². The van der Waals surface area contributed by atoms with Crippen molar-refractivity contribution in [3.63, 3.8) is 0 Å². The average molecular weight is 374 g/mol. The van der Waals surface area contributed by atoms with Gasteiger partial charge in [0.15, 0.2) is 0 Å². The fourth-order valence-corrected chi connectivity index (χ4v) is 2.82. The van der Waals surface area contributed by atoms with E-state index in [1.807, 2.05) is 0 Å². The van der Waals surface area contributed by atoms with Gasteiger partial charge in [-0.15, -0.1) is 0 Å². The predicted molar refractivity (Wildman–Crippen MR) is 79.4 cm³/mol. The summed E-state index contributed by atoms with van der Waals surface area (Å²) < 4.78 is 28.8. The average Bonchev–Trinajstić information content (AvgIpc) is 2.88. The Morgan fingerprint density at radius 2 is 2.00 bits per heavy atom. The number of anilines is 1. The molecular weight excluding hydrogens is 362 g/mol. The number of carboxylic acids is 1. The lowest BCUT2D eigenvalue weighted by Crippen LogP contribution is -2.12. The molecule has 7 nitrogen and oxygen atoms in total. The molecule has 112 valence electrons. The predicted octanol–water partition coefficient (Wildman–Crippen LogP) is 1.92. The van der Waals surface area contributed by atoms with Gasteiger partial charge in [-0.3, -0.25) is 14.2 Å². The molecule has 0 aliphatic carbocycles. The third-order valence-electron chi connectivity index (χ3n) is 2.57. The molecule has 0 amide bonds. The number of carboxylic acid groups (broad SMARTS) is 1. The van der Waals surface area contributed by atoms with Crippen LogP contribution in [0.1, 0.15) is 6.42 Å². The number of aliphatic carboxylic acids is 1. The molecule has 0 saturated heterocycles. The summed E-state index contributed by atoms with van der Waals surface area (Å²) in [6, 6.07) is 6.68. The van der Waals surface area contributed by atoms with Crippen molar-refractivity contribution in [1.82, 2.24) is 9.78 Å². The van der Waals surface area contributed by atoms with Crippen LogP contribution >= 0.6 is 15.9 Å². The lowest BCUT2D eigenvalue weighted by molar-refractivity contribution is -0.137. The molecule has 2 rings (SSSR count). The van der Waals surface area contributed by atoms with Crippen LogP contribution in [0.3, 0.4) is 0 Å². The number of aryl methyl sites for hydroxylation is 1. The van der Waals surface area contributed by atoms with E-state index in [-0.39, 0.29) is 17.9 Å². The van der Waals surface area contributed by atoms with Crippen LogP contribution in [0.15, 0.2) is 46.0 Å². The molecule has 21 heavy (non-hydrogen) atoms. The summed E-state index contributed by atoms with van der Waals surface area (Å²) in [4.78, 5) is 10.5. The van der Waals surface area contributed by atoms with E-state index in [2.05, 4.69) is 25.8 Å². The number of hydrogen-bond acceptors (Lipinski definition) is 4. The van der Waals surface area contributed by atoms with Gasteiger partial charge < -0.3 is 5.11 Å². The van der Waals surface area contributed by atoms with Crippen LogP contribution in [0.25, 0.3) is 0 Å². The Morgan fingerprint density at radius 1 is 1.33 bits per heavy atom. The van der Waals surface area contributed by atoms with Crippen LogP contribution in [0.5, 0.6) is 0 Å². The SMILES string of the molecule is O=C(O)CCn1cc(S(=O)(=O)Nc2ccc(Br)cc2)cn1. The van der Waals surface area contributed by atoms with Gasteiger partial charge >= 0.3 is 5.97 Å². The summed E-state index contributed by atoms with van der Waals surface area (Å²) in [6.07, 6.45) is 2.36. The molecule has 0 aliphatic heterocycles. The number of hydrogen-bond donors (Lipinski definition) is 2. The summed E-state index contributed by atoms with van der Waals surface area (Å²) in [6.45, 7) is 0.114. The topological polar surface area (TPSA) is 101 Å². The van der Waals surface area contributed by atoms with Crippen molar-refractivity contribution in [2.24, 2.45) is 0 Å². The monoisotopic (exact) mass is 373 g/mol. The van der Waals surface area contributed by atoms with E-state index >= 15 is 0 Å². The highest BCUT2D eigenvalue weighted by Gasteiger charge is 2.16. The number of sulfonamides is 1. The number of carbonyl (C=O) groups is 1. The second-order valence-corrected chi connectivity index (χ2v) is 6.79. The minimum Gasteiger partial charge on any atom is -0.481 e. The number of nitrogens with zero attached hydrogens (tertiary/aromatic N) is 2. The minimum absolute atomic E-state index is 0.0178. The van der Waals surface area contributed by atoms with Crippen LogP contribution in [-0.4, -0.2) is 29.3 Å². The highest BCUT2D eigenvalue weighted by atomic mass is 79.9. The molecule has 2 aromatic rings. The van der Waals surface area contributed by atoms with E-state index in [0.717, 1.165) is 4.47 Å². The molecule has 0 spiro atoms. The van der Waals surface area contributed by atoms with Crippen molar-refractivity contribution in [2.75, 3.05) is 4.72 Å². The maximum absolute atomic E-state index is 12.1. The van der Waals surface area contributed by atoms with Gasteiger partial charge in [0.25, 0.3) is 10.0 Å². The van der Waals surface area contributed by atoms with Crippen molar-refractivity contribution >= 4 is 37.6 Å². The number of rotatable bonds is 6. The van der Waals surface area contributed by atoms with Gasteiger partial charge in [0.2, 0.25) is 0 Å². The molecule has 0 radical (unpaired) electrons. The zero-order valence-corrected chi connectivity index (χ0v) is 13.1. The summed E-state index contributed by atoms with van der Waals surface area (Å²) in [5.74, 6) is -0.970. The van der Waals surface area contributed by atoms with Crippen LogP contribution in [0, 0.1) is 0 Å². The molecule has 0 fully saturated rings. The van der Waals surface area contributed by atoms with Gasteiger partial charge in [-0.25, -0.2) is 8.42 Å². The zero-order chi connectivity index (χ0) is 15.5. The Labute approximate surface area is 129 Å². The number of nitrogens with one attached hydrogen (secondary N) is 1. The first kappa shape index (κ1) is 15.5. The molecule has 0 unspecified atom stereocenters. The van der Waals surface area contributed by atoms with Crippen molar-refractivity contribution in [3.8, 4) is 0 Å². The Balaban J connectivity index is 2.12. The maximum atomic E-state index is 12.1. The Kier molecular flexibility index (Phi) is 4.63. The van der Waals surface area contributed by atoms with Crippen LogP contribution < -0.4 is 4.72 Å². The highest BCUT2D eigenvalue weighted by Crippen LogP contribution is 2.18. The lowest BCUT2D eigenvalue weighted by Gasteiger charge is -2.05. The van der Waals surface area contributed by atoms with Crippen LogP contribution in [0.2, 0.25) is 0 Å². The fourth-order valence-electron chi connectivity index (χ4n) is 1.55. The number of halogens is 1. The molecule has 1 aromatic heterocycles. The Bertz CT molecular complexity index is 740. The van der Waals surface area contributed by atoms with Crippen LogP contribution in [0.4, 0.5) is 5.69 Å². The van der Waals surface area contributed by atoms with Gasteiger partial charge in [0.1, 0.15) is 4.90 Å². The normalized spacial score (nSPS) is 11.3. The molecule has 0 bridgehead atoms. The highest BCUT2D eigenvalue weighted by molar-refractivity contribution is 9.10. The van der Waals surface area contributed by atoms with E-state index in [1.54, 1.807) is 24.3 Å².